The lowest BCUT2D eigenvalue weighted by Gasteiger charge is -2.10. The number of anilines is 1. The first-order valence-electron chi connectivity index (χ1n) is 8.26. The molecule has 0 fully saturated rings. The van der Waals surface area contributed by atoms with Crippen LogP contribution in [-0.4, -0.2) is 25.3 Å². The molecule has 3 aromatic rings. The Hall–Kier alpha value is -2.56. The number of ether oxygens (including phenoxy) is 1. The number of halogens is 1. The SMILES string of the molecule is CC(=O)Oc1c(Br)cccc1C(=O)Nc1nc(C)c(S(=O)(=O)c2ccccc2)s1. The van der Waals surface area contributed by atoms with Crippen molar-refractivity contribution in [2.24, 2.45) is 0 Å². The number of amides is 1. The summed E-state index contributed by atoms with van der Waals surface area (Å²) in [5.41, 5.74) is 0.387. The maximum absolute atomic E-state index is 12.8. The van der Waals surface area contributed by atoms with Crippen LogP contribution in [0.3, 0.4) is 0 Å². The first-order chi connectivity index (χ1) is 13.7. The maximum Gasteiger partial charge on any atom is 0.308 e. The fraction of sp³-hybridized carbons (Fsp3) is 0.105. The third kappa shape index (κ3) is 4.55. The van der Waals surface area contributed by atoms with Crippen LogP contribution in [0.2, 0.25) is 0 Å². The van der Waals surface area contributed by atoms with Crippen LogP contribution in [-0.2, 0) is 14.6 Å². The molecule has 7 nitrogen and oxygen atoms in total. The molecule has 1 amide bonds. The number of nitrogens with one attached hydrogen (secondary N) is 1. The predicted octanol–water partition coefficient (Wildman–Crippen LogP) is 4.22. The molecule has 0 unspecified atom stereocenters. The van der Waals surface area contributed by atoms with Gasteiger partial charge in [0.2, 0.25) is 9.84 Å². The summed E-state index contributed by atoms with van der Waals surface area (Å²) in [6.07, 6.45) is 0. The van der Waals surface area contributed by atoms with Gasteiger partial charge in [0.25, 0.3) is 5.91 Å². The van der Waals surface area contributed by atoms with Gasteiger partial charge in [0.1, 0.15) is 4.21 Å². The van der Waals surface area contributed by atoms with Crippen LogP contribution in [0, 0.1) is 6.92 Å². The van der Waals surface area contributed by atoms with E-state index >= 15 is 0 Å². The number of esters is 1. The fourth-order valence-corrected chi connectivity index (χ4v) is 5.76. The van der Waals surface area contributed by atoms with Gasteiger partial charge < -0.3 is 4.74 Å². The van der Waals surface area contributed by atoms with Gasteiger partial charge >= 0.3 is 5.97 Å². The standard InChI is InChI=1S/C19H15BrN2O5S2/c1-11-18(29(25,26)13-7-4-3-5-8-13)28-19(21-11)22-17(24)14-9-6-10-15(20)16(14)27-12(2)23/h3-10H,1-2H3,(H,21,22,24). The summed E-state index contributed by atoms with van der Waals surface area (Å²) in [5.74, 6) is -1.09. The molecule has 0 bridgehead atoms. The van der Waals surface area contributed by atoms with E-state index in [9.17, 15) is 18.0 Å². The van der Waals surface area contributed by atoms with E-state index in [2.05, 4.69) is 26.2 Å². The molecule has 10 heteroatoms. The first kappa shape index (κ1) is 21.2. The molecule has 0 aliphatic heterocycles. The van der Waals surface area contributed by atoms with Crippen LogP contribution < -0.4 is 10.1 Å². The monoisotopic (exact) mass is 494 g/mol. The third-order valence-electron chi connectivity index (χ3n) is 3.73. The van der Waals surface area contributed by atoms with E-state index in [0.29, 0.717) is 4.47 Å². The van der Waals surface area contributed by atoms with Crippen LogP contribution in [0.4, 0.5) is 5.13 Å². The number of benzene rings is 2. The second-order valence-corrected chi connectivity index (χ2v) is 9.87. The first-order valence-corrected chi connectivity index (χ1v) is 11.3. The Labute approximate surface area is 179 Å². The number of aromatic nitrogens is 1. The molecule has 0 atom stereocenters. The van der Waals surface area contributed by atoms with Crippen molar-refractivity contribution in [2.45, 2.75) is 23.0 Å². The summed E-state index contributed by atoms with van der Waals surface area (Å²) in [6.45, 7) is 2.79. The van der Waals surface area contributed by atoms with Crippen molar-refractivity contribution in [1.29, 1.82) is 0 Å². The number of thiazole rings is 1. The van der Waals surface area contributed by atoms with Crippen LogP contribution >= 0.6 is 27.3 Å². The van der Waals surface area contributed by atoms with Gasteiger partial charge in [0, 0.05) is 6.92 Å². The van der Waals surface area contributed by atoms with Gasteiger partial charge in [0.15, 0.2) is 10.9 Å². The molecule has 0 spiro atoms. The van der Waals surface area contributed by atoms with Gasteiger partial charge in [0.05, 0.1) is 20.6 Å². The lowest BCUT2D eigenvalue weighted by molar-refractivity contribution is -0.131. The average Bonchev–Trinajstić information content (AvgIpc) is 3.04. The lowest BCUT2D eigenvalue weighted by Crippen LogP contribution is -2.15. The highest BCUT2D eigenvalue weighted by Crippen LogP contribution is 2.33. The number of rotatable bonds is 5. The van der Waals surface area contributed by atoms with Crippen molar-refractivity contribution in [3.8, 4) is 5.75 Å². The van der Waals surface area contributed by atoms with Crippen LogP contribution in [0.15, 0.2) is 62.1 Å². The molecule has 1 heterocycles. The molecule has 0 aliphatic rings. The molecule has 2 aromatic carbocycles. The van der Waals surface area contributed by atoms with Gasteiger partial charge in [-0.25, -0.2) is 13.4 Å². The summed E-state index contributed by atoms with van der Waals surface area (Å²) in [6, 6.07) is 12.7. The van der Waals surface area contributed by atoms with Gasteiger partial charge in [-0.3, -0.25) is 14.9 Å². The molecule has 0 saturated carbocycles. The normalized spacial score (nSPS) is 11.1. The summed E-state index contributed by atoms with van der Waals surface area (Å²) in [4.78, 5) is 28.4. The number of hydrogen-bond donors (Lipinski definition) is 1. The van der Waals surface area contributed by atoms with Crippen LogP contribution in [0.1, 0.15) is 23.0 Å². The number of para-hydroxylation sites is 1. The highest BCUT2D eigenvalue weighted by molar-refractivity contribution is 9.10. The summed E-state index contributed by atoms with van der Waals surface area (Å²) in [5, 5.41) is 2.70. The maximum atomic E-state index is 12.8. The number of sulfone groups is 1. The number of carbonyl (C=O) groups excluding carboxylic acids is 2. The van der Waals surface area contributed by atoms with E-state index in [4.69, 9.17) is 4.74 Å². The minimum absolute atomic E-state index is 0.0495. The fourth-order valence-electron chi connectivity index (χ4n) is 2.49. The van der Waals surface area contributed by atoms with Crippen LogP contribution in [0.25, 0.3) is 0 Å². The van der Waals surface area contributed by atoms with Crippen molar-refractivity contribution >= 4 is 54.1 Å². The molecule has 0 radical (unpaired) electrons. The molecule has 1 N–H and O–H groups in total. The zero-order valence-corrected chi connectivity index (χ0v) is 18.5. The number of aryl methyl sites for hydroxylation is 1. The topological polar surface area (TPSA) is 102 Å². The lowest BCUT2D eigenvalue weighted by atomic mass is 10.2. The van der Waals surface area contributed by atoms with E-state index in [1.165, 1.54) is 25.1 Å². The molecule has 150 valence electrons. The molecule has 0 saturated heterocycles. The number of hydrogen-bond acceptors (Lipinski definition) is 7. The number of carbonyl (C=O) groups is 2. The minimum atomic E-state index is -3.75. The summed E-state index contributed by atoms with van der Waals surface area (Å²) < 4.78 is 31.3. The third-order valence-corrected chi connectivity index (χ3v) is 7.81. The largest absolute Gasteiger partial charge is 0.425 e. The van der Waals surface area contributed by atoms with E-state index in [-0.39, 0.29) is 31.2 Å². The molecular weight excluding hydrogens is 480 g/mol. The summed E-state index contributed by atoms with van der Waals surface area (Å²) in [7, 11) is -3.75. The van der Waals surface area contributed by atoms with Crippen molar-refractivity contribution in [3.05, 3.63) is 64.3 Å². The Morgan fingerprint density at radius 2 is 1.79 bits per heavy atom. The van der Waals surface area contributed by atoms with Crippen LogP contribution in [0.5, 0.6) is 5.75 Å². The Bertz CT molecular complexity index is 1190. The molecule has 0 aliphatic carbocycles. The van der Waals surface area contributed by atoms with Gasteiger partial charge in [-0.05, 0) is 47.1 Å². The van der Waals surface area contributed by atoms with E-state index in [0.717, 1.165) is 11.3 Å². The molecule has 29 heavy (non-hydrogen) atoms. The minimum Gasteiger partial charge on any atom is -0.425 e. The smallest absolute Gasteiger partial charge is 0.308 e. The second-order valence-electron chi connectivity index (χ2n) is 5.87. The summed E-state index contributed by atoms with van der Waals surface area (Å²) >= 11 is 4.11. The second kappa shape index (κ2) is 8.44. The van der Waals surface area contributed by atoms with Crippen molar-refractivity contribution < 1.29 is 22.7 Å². The Balaban J connectivity index is 1.92. The zero-order chi connectivity index (χ0) is 21.2. The Kier molecular flexibility index (Phi) is 6.15. The molecule has 3 rings (SSSR count). The molecular formula is C19H15BrN2O5S2. The highest BCUT2D eigenvalue weighted by Gasteiger charge is 2.25. The van der Waals surface area contributed by atoms with E-state index in [1.807, 2.05) is 0 Å². The van der Waals surface area contributed by atoms with Gasteiger partial charge in [-0.2, -0.15) is 0 Å². The van der Waals surface area contributed by atoms with E-state index in [1.54, 1.807) is 37.3 Å². The van der Waals surface area contributed by atoms with E-state index < -0.39 is 21.7 Å². The quantitative estimate of drug-likeness (QED) is 0.420. The van der Waals surface area contributed by atoms with Crippen molar-refractivity contribution in [1.82, 2.24) is 4.98 Å². The number of nitrogens with zero attached hydrogens (tertiary/aromatic N) is 1. The Morgan fingerprint density at radius 1 is 1.10 bits per heavy atom. The zero-order valence-electron chi connectivity index (χ0n) is 15.3. The van der Waals surface area contributed by atoms with Crippen molar-refractivity contribution in [2.75, 3.05) is 5.32 Å². The van der Waals surface area contributed by atoms with Gasteiger partial charge in [-0.15, -0.1) is 0 Å². The molecule has 1 aromatic heterocycles. The highest BCUT2D eigenvalue weighted by atomic mass is 79.9. The predicted molar refractivity (Wildman–Crippen MR) is 112 cm³/mol. The Morgan fingerprint density at radius 3 is 2.45 bits per heavy atom. The van der Waals surface area contributed by atoms with Gasteiger partial charge in [-0.1, -0.05) is 35.6 Å². The van der Waals surface area contributed by atoms with Crippen molar-refractivity contribution in [3.63, 3.8) is 0 Å². The average molecular weight is 495 g/mol.